The number of fused-ring (bicyclic) bond motifs is 1. The molecule has 5 nitrogen and oxygen atoms in total. The first-order chi connectivity index (χ1) is 12.7. The Kier molecular flexibility index (Phi) is 4.96. The fraction of sp³-hybridized carbons (Fsp3) is 0.364. The van der Waals surface area contributed by atoms with E-state index in [2.05, 4.69) is 26.1 Å². The van der Waals surface area contributed by atoms with E-state index >= 15 is 0 Å². The van der Waals surface area contributed by atoms with Crippen LogP contribution in [-0.2, 0) is 10.2 Å². The maximum absolute atomic E-state index is 13.0. The molecule has 0 bridgehead atoms. The highest BCUT2D eigenvalue weighted by molar-refractivity contribution is 6.03. The fourth-order valence-corrected chi connectivity index (χ4v) is 3.59. The van der Waals surface area contributed by atoms with E-state index in [0.29, 0.717) is 17.7 Å². The molecule has 1 heterocycles. The molecule has 0 aromatic heterocycles. The Balaban J connectivity index is 1.86. The lowest BCUT2D eigenvalue weighted by Crippen LogP contribution is -2.46. The van der Waals surface area contributed by atoms with E-state index in [1.807, 2.05) is 49.4 Å². The number of benzene rings is 2. The predicted molar refractivity (Wildman–Crippen MR) is 108 cm³/mol. The minimum absolute atomic E-state index is 0.0503. The molecule has 2 atom stereocenters. The summed E-state index contributed by atoms with van der Waals surface area (Å²) in [6.45, 7) is 8.32. The quantitative estimate of drug-likeness (QED) is 0.787. The first-order valence-electron chi connectivity index (χ1n) is 9.21. The number of amides is 2. The van der Waals surface area contributed by atoms with E-state index in [0.717, 1.165) is 5.69 Å². The van der Waals surface area contributed by atoms with Crippen LogP contribution in [0.15, 0.2) is 48.5 Å². The van der Waals surface area contributed by atoms with Crippen molar-refractivity contribution in [2.75, 3.05) is 10.2 Å². The molecule has 0 aliphatic carbocycles. The van der Waals surface area contributed by atoms with Gasteiger partial charge in [0.15, 0.2) is 0 Å². The molecule has 0 radical (unpaired) electrons. The number of rotatable bonds is 2. The molecule has 0 saturated carbocycles. The van der Waals surface area contributed by atoms with Crippen molar-refractivity contribution in [2.45, 2.75) is 51.5 Å². The molecule has 27 heavy (non-hydrogen) atoms. The maximum atomic E-state index is 13.0. The lowest BCUT2D eigenvalue weighted by molar-refractivity contribution is -0.139. The normalized spacial score (nSPS) is 19.3. The highest BCUT2D eigenvalue weighted by Gasteiger charge is 2.36. The Bertz CT molecular complexity index is 853. The van der Waals surface area contributed by atoms with Gasteiger partial charge < -0.3 is 10.4 Å². The average molecular weight is 366 g/mol. The van der Waals surface area contributed by atoms with Crippen molar-refractivity contribution in [3.8, 4) is 0 Å². The van der Waals surface area contributed by atoms with E-state index in [4.69, 9.17) is 0 Å². The summed E-state index contributed by atoms with van der Waals surface area (Å²) in [5.74, 6) is -1.45. The van der Waals surface area contributed by atoms with Gasteiger partial charge in [0, 0.05) is 17.4 Å². The van der Waals surface area contributed by atoms with Crippen LogP contribution < -0.4 is 10.2 Å². The SMILES string of the molecule is CC1CC(C(=O)O)c2ccccc2N1C(=O)Nc1ccc(C(C)(C)C)cc1. The number of carbonyl (C=O) groups is 2. The number of para-hydroxylation sites is 1. The van der Waals surface area contributed by atoms with Crippen LogP contribution in [-0.4, -0.2) is 23.1 Å². The molecule has 5 heteroatoms. The topological polar surface area (TPSA) is 69.6 Å². The highest BCUT2D eigenvalue weighted by atomic mass is 16.4. The Morgan fingerprint density at radius 2 is 1.70 bits per heavy atom. The van der Waals surface area contributed by atoms with Crippen LogP contribution in [0, 0.1) is 0 Å². The van der Waals surface area contributed by atoms with Gasteiger partial charge in [0.2, 0.25) is 0 Å². The number of aliphatic carboxylic acids is 1. The molecule has 2 amide bonds. The molecule has 3 rings (SSSR count). The zero-order valence-corrected chi connectivity index (χ0v) is 16.2. The van der Waals surface area contributed by atoms with Gasteiger partial charge in [0.25, 0.3) is 0 Å². The number of hydrogen-bond acceptors (Lipinski definition) is 2. The third-order valence-corrected chi connectivity index (χ3v) is 5.11. The molecule has 2 N–H and O–H groups in total. The van der Waals surface area contributed by atoms with Gasteiger partial charge in [-0.05, 0) is 48.1 Å². The Morgan fingerprint density at radius 3 is 2.30 bits per heavy atom. The van der Waals surface area contributed by atoms with E-state index in [1.54, 1.807) is 11.0 Å². The van der Waals surface area contributed by atoms with Crippen LogP contribution in [0.5, 0.6) is 0 Å². The van der Waals surface area contributed by atoms with Crippen LogP contribution >= 0.6 is 0 Å². The molecule has 0 saturated heterocycles. The van der Waals surface area contributed by atoms with Gasteiger partial charge in [0.1, 0.15) is 0 Å². The predicted octanol–water partition coefficient (Wildman–Crippen LogP) is 4.98. The van der Waals surface area contributed by atoms with Crippen LogP contribution in [0.1, 0.15) is 51.2 Å². The number of nitrogens with one attached hydrogen (secondary N) is 1. The molecular weight excluding hydrogens is 340 g/mol. The molecule has 2 aromatic carbocycles. The van der Waals surface area contributed by atoms with Crippen molar-refractivity contribution in [3.63, 3.8) is 0 Å². The van der Waals surface area contributed by atoms with Crippen LogP contribution in [0.3, 0.4) is 0 Å². The number of urea groups is 1. The second-order valence-corrected chi connectivity index (χ2v) is 8.16. The van der Waals surface area contributed by atoms with Gasteiger partial charge >= 0.3 is 12.0 Å². The molecule has 0 spiro atoms. The summed E-state index contributed by atoms with van der Waals surface area (Å²) in [5, 5.41) is 12.5. The fourth-order valence-electron chi connectivity index (χ4n) is 3.59. The molecule has 142 valence electrons. The summed E-state index contributed by atoms with van der Waals surface area (Å²) in [5.41, 5.74) is 3.31. The maximum Gasteiger partial charge on any atom is 0.326 e. The van der Waals surface area contributed by atoms with Crippen molar-refractivity contribution in [1.82, 2.24) is 0 Å². The van der Waals surface area contributed by atoms with Crippen molar-refractivity contribution in [2.24, 2.45) is 0 Å². The molecule has 2 unspecified atom stereocenters. The second kappa shape index (κ2) is 7.06. The summed E-state index contributed by atoms with van der Waals surface area (Å²) in [6, 6.07) is 14.6. The Hall–Kier alpha value is -2.82. The summed E-state index contributed by atoms with van der Waals surface area (Å²) >= 11 is 0. The zero-order valence-electron chi connectivity index (χ0n) is 16.2. The number of carbonyl (C=O) groups excluding carboxylic acids is 1. The standard InChI is InChI=1S/C22H26N2O3/c1-14-13-18(20(25)26)17-7-5-6-8-19(17)24(14)21(27)23-16-11-9-15(10-12-16)22(2,3)4/h5-12,14,18H,13H2,1-4H3,(H,23,27)(H,25,26). The average Bonchev–Trinajstić information content (AvgIpc) is 2.60. The lowest BCUT2D eigenvalue weighted by Gasteiger charge is -2.37. The van der Waals surface area contributed by atoms with Gasteiger partial charge in [-0.2, -0.15) is 0 Å². The number of nitrogens with zero attached hydrogens (tertiary/aromatic N) is 1. The van der Waals surface area contributed by atoms with Crippen LogP contribution in [0.2, 0.25) is 0 Å². The summed E-state index contributed by atoms with van der Waals surface area (Å²) < 4.78 is 0. The Labute approximate surface area is 160 Å². The largest absolute Gasteiger partial charge is 0.481 e. The third-order valence-electron chi connectivity index (χ3n) is 5.11. The number of carboxylic acid groups (broad SMARTS) is 1. The molecule has 1 aliphatic heterocycles. The molecular formula is C22H26N2O3. The van der Waals surface area contributed by atoms with E-state index in [9.17, 15) is 14.7 Å². The van der Waals surface area contributed by atoms with Crippen molar-refractivity contribution < 1.29 is 14.7 Å². The van der Waals surface area contributed by atoms with Crippen LogP contribution in [0.25, 0.3) is 0 Å². The van der Waals surface area contributed by atoms with E-state index < -0.39 is 11.9 Å². The number of anilines is 2. The molecule has 0 fully saturated rings. The van der Waals surface area contributed by atoms with Crippen molar-refractivity contribution in [1.29, 1.82) is 0 Å². The monoisotopic (exact) mass is 366 g/mol. The second-order valence-electron chi connectivity index (χ2n) is 8.16. The van der Waals surface area contributed by atoms with Crippen molar-refractivity contribution in [3.05, 3.63) is 59.7 Å². The highest BCUT2D eigenvalue weighted by Crippen LogP contribution is 2.38. The van der Waals surface area contributed by atoms with Crippen LogP contribution in [0.4, 0.5) is 16.2 Å². The van der Waals surface area contributed by atoms with Gasteiger partial charge in [-0.15, -0.1) is 0 Å². The van der Waals surface area contributed by atoms with E-state index in [-0.39, 0.29) is 17.5 Å². The Morgan fingerprint density at radius 1 is 1.07 bits per heavy atom. The first kappa shape index (κ1) is 19.0. The lowest BCUT2D eigenvalue weighted by atomic mass is 9.86. The minimum Gasteiger partial charge on any atom is -0.481 e. The summed E-state index contributed by atoms with van der Waals surface area (Å²) in [4.78, 5) is 26.2. The first-order valence-corrected chi connectivity index (χ1v) is 9.21. The zero-order chi connectivity index (χ0) is 19.8. The number of hydrogen-bond donors (Lipinski definition) is 2. The summed E-state index contributed by atoms with van der Waals surface area (Å²) in [7, 11) is 0. The van der Waals surface area contributed by atoms with Crippen molar-refractivity contribution >= 4 is 23.4 Å². The van der Waals surface area contributed by atoms with Gasteiger partial charge in [-0.3, -0.25) is 9.69 Å². The minimum atomic E-state index is -0.855. The summed E-state index contributed by atoms with van der Waals surface area (Å²) in [6.07, 6.45) is 0.392. The third kappa shape index (κ3) is 3.82. The van der Waals surface area contributed by atoms with Gasteiger partial charge in [0.05, 0.1) is 5.92 Å². The smallest absolute Gasteiger partial charge is 0.326 e. The molecule has 1 aliphatic rings. The molecule has 2 aromatic rings. The van der Waals surface area contributed by atoms with Gasteiger partial charge in [-0.25, -0.2) is 4.79 Å². The number of carboxylic acids is 1. The van der Waals surface area contributed by atoms with Gasteiger partial charge in [-0.1, -0.05) is 51.1 Å². The van der Waals surface area contributed by atoms with E-state index in [1.165, 1.54) is 5.56 Å².